The number of likely N-dealkylation sites (N-methyl/N-ethyl adjacent to an activating group) is 1. The highest BCUT2D eigenvalue weighted by molar-refractivity contribution is 6.34. The molecule has 0 bridgehead atoms. The van der Waals surface area contributed by atoms with Crippen molar-refractivity contribution < 1.29 is 4.42 Å². The average molecular weight is 270 g/mol. The molecule has 17 heavy (non-hydrogen) atoms. The highest BCUT2D eigenvalue weighted by Gasteiger charge is 2.12. The van der Waals surface area contributed by atoms with Gasteiger partial charge in [-0.15, -0.1) is 0 Å². The van der Waals surface area contributed by atoms with Gasteiger partial charge in [0.2, 0.25) is 0 Å². The predicted octanol–water partition coefficient (Wildman–Crippen LogP) is 4.09. The Hall–Kier alpha value is -0.960. The van der Waals surface area contributed by atoms with Gasteiger partial charge in [-0.1, -0.05) is 23.2 Å². The van der Waals surface area contributed by atoms with E-state index in [1.165, 1.54) is 0 Å². The van der Waals surface area contributed by atoms with Crippen molar-refractivity contribution in [2.75, 3.05) is 7.05 Å². The molecule has 1 aromatic heterocycles. The van der Waals surface area contributed by atoms with E-state index in [9.17, 15) is 0 Å². The molecule has 2 aromatic rings. The van der Waals surface area contributed by atoms with E-state index in [1.54, 1.807) is 18.6 Å². The van der Waals surface area contributed by atoms with Gasteiger partial charge in [0.1, 0.15) is 0 Å². The number of halogens is 2. The van der Waals surface area contributed by atoms with E-state index in [0.717, 1.165) is 17.5 Å². The Morgan fingerprint density at radius 1 is 1.24 bits per heavy atom. The number of hydrogen-bond acceptors (Lipinski definition) is 2. The third-order valence-corrected chi connectivity index (χ3v) is 3.09. The van der Waals surface area contributed by atoms with Crippen LogP contribution in [0.3, 0.4) is 0 Å². The molecule has 0 aliphatic carbocycles. The van der Waals surface area contributed by atoms with Crippen LogP contribution in [0.4, 0.5) is 0 Å². The molecule has 0 saturated heterocycles. The van der Waals surface area contributed by atoms with Crippen molar-refractivity contribution >= 4 is 23.2 Å². The second-order valence-corrected chi connectivity index (χ2v) is 4.75. The lowest BCUT2D eigenvalue weighted by atomic mass is 10.0. The van der Waals surface area contributed by atoms with E-state index >= 15 is 0 Å². The van der Waals surface area contributed by atoms with Gasteiger partial charge in [0.15, 0.2) is 0 Å². The fraction of sp³-hybridized carbons (Fsp3) is 0.231. The molecule has 0 saturated carbocycles. The summed E-state index contributed by atoms with van der Waals surface area (Å²) in [5.74, 6) is 0. The van der Waals surface area contributed by atoms with Crippen LogP contribution in [-0.4, -0.2) is 7.05 Å². The maximum absolute atomic E-state index is 6.00. The number of furan rings is 1. The predicted molar refractivity (Wildman–Crippen MR) is 70.7 cm³/mol. The minimum Gasteiger partial charge on any atom is -0.472 e. The van der Waals surface area contributed by atoms with Gasteiger partial charge in [-0.05, 0) is 48.9 Å². The summed E-state index contributed by atoms with van der Waals surface area (Å²) in [6.45, 7) is 0. The van der Waals surface area contributed by atoms with Crippen molar-refractivity contribution in [1.29, 1.82) is 0 Å². The summed E-state index contributed by atoms with van der Waals surface area (Å²) in [4.78, 5) is 0. The zero-order chi connectivity index (χ0) is 12.3. The summed E-state index contributed by atoms with van der Waals surface area (Å²) < 4.78 is 5.06. The van der Waals surface area contributed by atoms with Gasteiger partial charge in [0.05, 0.1) is 12.5 Å². The first-order valence-electron chi connectivity index (χ1n) is 5.33. The number of nitrogens with one attached hydrogen (secondary N) is 1. The highest BCUT2D eigenvalue weighted by Crippen LogP contribution is 2.25. The Labute approximate surface area is 111 Å². The van der Waals surface area contributed by atoms with E-state index in [-0.39, 0.29) is 6.04 Å². The molecule has 0 aliphatic rings. The SMILES string of the molecule is CNC(Cc1ccoc1)c1cc(Cl)cc(Cl)c1. The van der Waals surface area contributed by atoms with E-state index < -0.39 is 0 Å². The van der Waals surface area contributed by atoms with Crippen LogP contribution in [-0.2, 0) is 6.42 Å². The summed E-state index contributed by atoms with van der Waals surface area (Å²) in [5, 5.41) is 4.56. The van der Waals surface area contributed by atoms with E-state index in [1.807, 2.05) is 25.2 Å². The minimum absolute atomic E-state index is 0.170. The lowest BCUT2D eigenvalue weighted by Crippen LogP contribution is -2.18. The molecular formula is C13H13Cl2NO. The van der Waals surface area contributed by atoms with Crippen LogP contribution in [0.25, 0.3) is 0 Å². The summed E-state index contributed by atoms with van der Waals surface area (Å²) in [5.41, 5.74) is 2.21. The summed E-state index contributed by atoms with van der Waals surface area (Å²) >= 11 is 12.0. The van der Waals surface area contributed by atoms with E-state index in [2.05, 4.69) is 5.32 Å². The molecule has 2 nitrogen and oxygen atoms in total. The molecule has 4 heteroatoms. The van der Waals surface area contributed by atoms with Gasteiger partial charge in [0, 0.05) is 16.1 Å². The minimum atomic E-state index is 0.170. The Bertz CT molecular complexity index is 462. The van der Waals surface area contributed by atoms with Crippen LogP contribution in [0.1, 0.15) is 17.2 Å². The van der Waals surface area contributed by atoms with Gasteiger partial charge < -0.3 is 9.73 Å². The average Bonchev–Trinajstić information content (AvgIpc) is 2.77. The van der Waals surface area contributed by atoms with Gasteiger partial charge >= 0.3 is 0 Å². The van der Waals surface area contributed by atoms with Crippen LogP contribution in [0, 0.1) is 0 Å². The molecule has 0 amide bonds. The maximum atomic E-state index is 6.00. The summed E-state index contributed by atoms with van der Waals surface area (Å²) in [6.07, 6.45) is 4.26. The Morgan fingerprint density at radius 2 is 1.94 bits per heavy atom. The normalized spacial score (nSPS) is 12.6. The van der Waals surface area contributed by atoms with Crippen molar-refractivity contribution in [3.63, 3.8) is 0 Å². The molecule has 0 spiro atoms. The Balaban J connectivity index is 2.22. The van der Waals surface area contributed by atoms with Crippen molar-refractivity contribution in [3.05, 3.63) is 58.0 Å². The molecule has 1 unspecified atom stereocenters. The van der Waals surface area contributed by atoms with Crippen molar-refractivity contribution in [2.45, 2.75) is 12.5 Å². The molecule has 1 heterocycles. The second kappa shape index (κ2) is 5.58. The molecule has 0 aliphatic heterocycles. The molecule has 2 rings (SSSR count). The third kappa shape index (κ3) is 3.25. The summed E-state index contributed by atoms with van der Waals surface area (Å²) in [6, 6.07) is 7.71. The zero-order valence-corrected chi connectivity index (χ0v) is 10.9. The van der Waals surface area contributed by atoms with Gasteiger partial charge in [-0.25, -0.2) is 0 Å². The molecule has 0 fully saturated rings. The first-order valence-corrected chi connectivity index (χ1v) is 6.09. The number of benzene rings is 1. The first kappa shape index (κ1) is 12.5. The smallest absolute Gasteiger partial charge is 0.0935 e. The van der Waals surface area contributed by atoms with Gasteiger partial charge in [0.25, 0.3) is 0 Å². The third-order valence-electron chi connectivity index (χ3n) is 2.66. The zero-order valence-electron chi connectivity index (χ0n) is 9.41. The van der Waals surface area contributed by atoms with Crippen LogP contribution in [0.2, 0.25) is 10.0 Å². The van der Waals surface area contributed by atoms with Crippen molar-refractivity contribution in [2.24, 2.45) is 0 Å². The molecular weight excluding hydrogens is 257 g/mol. The Kier molecular flexibility index (Phi) is 4.11. The van der Waals surface area contributed by atoms with Gasteiger partial charge in [-0.3, -0.25) is 0 Å². The fourth-order valence-electron chi connectivity index (χ4n) is 1.81. The van der Waals surface area contributed by atoms with Crippen molar-refractivity contribution in [1.82, 2.24) is 5.32 Å². The lowest BCUT2D eigenvalue weighted by molar-refractivity contribution is 0.551. The number of hydrogen-bond donors (Lipinski definition) is 1. The van der Waals surface area contributed by atoms with Gasteiger partial charge in [-0.2, -0.15) is 0 Å². The maximum Gasteiger partial charge on any atom is 0.0935 e. The van der Waals surface area contributed by atoms with E-state index in [0.29, 0.717) is 10.0 Å². The van der Waals surface area contributed by atoms with Crippen LogP contribution < -0.4 is 5.32 Å². The Morgan fingerprint density at radius 3 is 2.47 bits per heavy atom. The van der Waals surface area contributed by atoms with Crippen LogP contribution in [0.15, 0.2) is 41.2 Å². The molecule has 0 radical (unpaired) electrons. The van der Waals surface area contributed by atoms with Crippen LogP contribution in [0.5, 0.6) is 0 Å². The monoisotopic (exact) mass is 269 g/mol. The van der Waals surface area contributed by atoms with Crippen molar-refractivity contribution in [3.8, 4) is 0 Å². The summed E-state index contributed by atoms with van der Waals surface area (Å²) in [7, 11) is 1.92. The highest BCUT2D eigenvalue weighted by atomic mass is 35.5. The topological polar surface area (TPSA) is 25.2 Å². The largest absolute Gasteiger partial charge is 0.472 e. The lowest BCUT2D eigenvalue weighted by Gasteiger charge is -2.16. The molecule has 1 aromatic carbocycles. The molecule has 1 atom stereocenters. The molecule has 90 valence electrons. The standard InChI is InChI=1S/C13H13Cl2NO/c1-16-13(4-9-2-3-17-8-9)10-5-11(14)7-12(15)6-10/h2-3,5-8,13,16H,4H2,1H3. The fourth-order valence-corrected chi connectivity index (χ4v) is 2.35. The second-order valence-electron chi connectivity index (χ2n) is 3.88. The first-order chi connectivity index (χ1) is 8.19. The molecule has 1 N–H and O–H groups in total. The quantitative estimate of drug-likeness (QED) is 0.905. The number of rotatable bonds is 4. The van der Waals surface area contributed by atoms with E-state index in [4.69, 9.17) is 27.6 Å². The van der Waals surface area contributed by atoms with Crippen LogP contribution >= 0.6 is 23.2 Å².